The van der Waals surface area contributed by atoms with Gasteiger partial charge in [0, 0.05) is 16.0 Å². The number of rotatable bonds is 1. The van der Waals surface area contributed by atoms with Gasteiger partial charge < -0.3 is 0 Å². The van der Waals surface area contributed by atoms with Crippen molar-refractivity contribution < 1.29 is 4.79 Å². The molecule has 2 aromatic rings. The highest BCUT2D eigenvalue weighted by Crippen LogP contribution is 2.38. The number of carbonyl (C=O) groups is 1. The quantitative estimate of drug-likeness (QED) is 0.589. The molecule has 0 amide bonds. The van der Waals surface area contributed by atoms with E-state index in [0.717, 1.165) is 22.3 Å². The molecule has 78 valence electrons. The van der Waals surface area contributed by atoms with Gasteiger partial charge in [-0.25, -0.2) is 0 Å². The van der Waals surface area contributed by atoms with Gasteiger partial charge in [-0.05, 0) is 35.6 Å². The zero-order valence-electron chi connectivity index (χ0n) is 8.86. The summed E-state index contributed by atoms with van der Waals surface area (Å²) in [6, 6.07) is 13.9. The Kier molecular flexibility index (Phi) is 2.11. The predicted octanol–water partition coefficient (Wildman–Crippen LogP) is 3.62. The Labute approximate surface area is 98.5 Å². The Morgan fingerprint density at radius 2 is 1.56 bits per heavy atom. The van der Waals surface area contributed by atoms with Crippen LogP contribution in [0.3, 0.4) is 0 Å². The van der Waals surface area contributed by atoms with E-state index in [4.69, 9.17) is 0 Å². The molecule has 0 N–H and O–H groups in total. The van der Waals surface area contributed by atoms with E-state index in [-0.39, 0.29) is 5.78 Å². The number of carbonyl (C=O) groups excluding carboxylic acids is 1. The van der Waals surface area contributed by atoms with Crippen LogP contribution in [0, 0.1) is 0 Å². The SMILES string of the molecule is CSc1ccc2c(c1)-c1ccccc1C2=O. The van der Waals surface area contributed by atoms with Gasteiger partial charge in [-0.2, -0.15) is 0 Å². The highest BCUT2D eigenvalue weighted by molar-refractivity contribution is 7.98. The summed E-state index contributed by atoms with van der Waals surface area (Å²) in [6.07, 6.45) is 2.05. The molecule has 0 atom stereocenters. The van der Waals surface area contributed by atoms with Crippen molar-refractivity contribution in [1.82, 2.24) is 0 Å². The fourth-order valence-corrected chi connectivity index (χ4v) is 2.57. The Hall–Kier alpha value is -1.54. The third-order valence-corrected chi connectivity index (χ3v) is 3.66. The average Bonchev–Trinajstić information content (AvgIpc) is 2.64. The topological polar surface area (TPSA) is 17.1 Å². The highest BCUT2D eigenvalue weighted by atomic mass is 32.2. The van der Waals surface area contributed by atoms with Crippen LogP contribution in [0.15, 0.2) is 47.4 Å². The first-order valence-electron chi connectivity index (χ1n) is 5.13. The van der Waals surface area contributed by atoms with Gasteiger partial charge in [0.05, 0.1) is 0 Å². The minimum absolute atomic E-state index is 0.151. The summed E-state index contributed by atoms with van der Waals surface area (Å²) in [5.74, 6) is 0.151. The van der Waals surface area contributed by atoms with Crippen LogP contribution in [-0.4, -0.2) is 12.0 Å². The molecule has 0 spiro atoms. The van der Waals surface area contributed by atoms with E-state index >= 15 is 0 Å². The third kappa shape index (κ3) is 1.23. The second kappa shape index (κ2) is 3.49. The maximum atomic E-state index is 12.1. The molecule has 0 fully saturated rings. The summed E-state index contributed by atoms with van der Waals surface area (Å²) in [6.45, 7) is 0. The molecule has 3 rings (SSSR count). The van der Waals surface area contributed by atoms with Crippen molar-refractivity contribution in [3.05, 3.63) is 53.6 Å². The number of benzene rings is 2. The molecule has 0 bridgehead atoms. The molecule has 0 radical (unpaired) electrons. The summed E-state index contributed by atoms with van der Waals surface area (Å²) in [7, 11) is 0. The number of fused-ring (bicyclic) bond motifs is 3. The van der Waals surface area contributed by atoms with Gasteiger partial charge in [0.15, 0.2) is 5.78 Å². The molecular weight excluding hydrogens is 216 g/mol. The lowest BCUT2D eigenvalue weighted by atomic mass is 10.1. The Balaban J connectivity index is 2.31. The van der Waals surface area contributed by atoms with Crippen LogP contribution in [0.5, 0.6) is 0 Å². The summed E-state index contributed by atoms with van der Waals surface area (Å²) in [5, 5.41) is 0. The smallest absolute Gasteiger partial charge is 0.194 e. The van der Waals surface area contributed by atoms with E-state index in [9.17, 15) is 4.79 Å². The first-order valence-corrected chi connectivity index (χ1v) is 6.36. The fourth-order valence-electron chi connectivity index (χ4n) is 2.13. The zero-order chi connectivity index (χ0) is 11.1. The molecule has 2 aromatic carbocycles. The second-order valence-electron chi connectivity index (χ2n) is 3.79. The second-order valence-corrected chi connectivity index (χ2v) is 4.67. The van der Waals surface area contributed by atoms with Gasteiger partial charge in [-0.3, -0.25) is 4.79 Å². The van der Waals surface area contributed by atoms with Gasteiger partial charge in [-0.1, -0.05) is 24.3 Å². The minimum atomic E-state index is 0.151. The third-order valence-electron chi connectivity index (χ3n) is 2.93. The Bertz CT molecular complexity index is 587. The van der Waals surface area contributed by atoms with Crippen molar-refractivity contribution in [2.75, 3.05) is 6.26 Å². The van der Waals surface area contributed by atoms with Crippen molar-refractivity contribution >= 4 is 17.5 Å². The lowest BCUT2D eigenvalue weighted by Crippen LogP contribution is -1.94. The molecular formula is C14H10OS. The van der Waals surface area contributed by atoms with Gasteiger partial charge >= 0.3 is 0 Å². The average molecular weight is 226 g/mol. The molecule has 0 aliphatic heterocycles. The van der Waals surface area contributed by atoms with Crippen LogP contribution in [0.25, 0.3) is 11.1 Å². The highest BCUT2D eigenvalue weighted by Gasteiger charge is 2.25. The zero-order valence-corrected chi connectivity index (χ0v) is 9.67. The van der Waals surface area contributed by atoms with E-state index in [0.29, 0.717) is 0 Å². The van der Waals surface area contributed by atoms with E-state index in [2.05, 4.69) is 6.07 Å². The molecule has 1 aliphatic rings. The first kappa shape index (κ1) is 9.67. The number of thioether (sulfide) groups is 1. The van der Waals surface area contributed by atoms with Crippen molar-refractivity contribution in [1.29, 1.82) is 0 Å². The molecule has 0 unspecified atom stereocenters. The summed E-state index contributed by atoms with van der Waals surface area (Å²) >= 11 is 1.70. The van der Waals surface area contributed by atoms with E-state index in [1.165, 1.54) is 4.90 Å². The largest absolute Gasteiger partial charge is 0.289 e. The van der Waals surface area contributed by atoms with Crippen molar-refractivity contribution in [3.63, 3.8) is 0 Å². The van der Waals surface area contributed by atoms with E-state index in [1.54, 1.807) is 11.8 Å². The molecule has 0 heterocycles. The lowest BCUT2D eigenvalue weighted by Gasteiger charge is -2.01. The molecule has 0 saturated heterocycles. The molecule has 0 aromatic heterocycles. The first-order chi connectivity index (χ1) is 7.81. The van der Waals surface area contributed by atoms with Crippen LogP contribution in [0.2, 0.25) is 0 Å². The fraction of sp³-hybridized carbons (Fsp3) is 0.0714. The van der Waals surface area contributed by atoms with Gasteiger partial charge in [0.1, 0.15) is 0 Å². The summed E-state index contributed by atoms with van der Waals surface area (Å²) in [4.78, 5) is 13.3. The van der Waals surface area contributed by atoms with Gasteiger partial charge in [0.25, 0.3) is 0 Å². The van der Waals surface area contributed by atoms with Gasteiger partial charge in [0.2, 0.25) is 0 Å². The van der Waals surface area contributed by atoms with E-state index < -0.39 is 0 Å². The number of hydrogen-bond acceptors (Lipinski definition) is 2. The van der Waals surface area contributed by atoms with Crippen LogP contribution in [0.4, 0.5) is 0 Å². The predicted molar refractivity (Wildman–Crippen MR) is 67.1 cm³/mol. The standard InChI is InChI=1S/C14H10OS/c1-16-9-6-7-12-13(8-9)10-4-2-3-5-11(10)14(12)15/h2-8H,1H3. The van der Waals surface area contributed by atoms with Crippen LogP contribution < -0.4 is 0 Å². The summed E-state index contributed by atoms with van der Waals surface area (Å²) < 4.78 is 0. The Morgan fingerprint density at radius 1 is 0.875 bits per heavy atom. The lowest BCUT2D eigenvalue weighted by molar-refractivity contribution is 0.104. The molecule has 16 heavy (non-hydrogen) atoms. The maximum Gasteiger partial charge on any atom is 0.194 e. The normalized spacial score (nSPS) is 12.4. The summed E-state index contributed by atoms with van der Waals surface area (Å²) in [5.41, 5.74) is 3.81. The van der Waals surface area contributed by atoms with Crippen molar-refractivity contribution in [3.8, 4) is 11.1 Å². The molecule has 1 aliphatic carbocycles. The molecule has 0 saturated carbocycles. The molecule has 2 heteroatoms. The van der Waals surface area contributed by atoms with E-state index in [1.807, 2.05) is 42.7 Å². The maximum absolute atomic E-state index is 12.1. The molecule has 1 nitrogen and oxygen atoms in total. The van der Waals surface area contributed by atoms with Crippen LogP contribution >= 0.6 is 11.8 Å². The van der Waals surface area contributed by atoms with Gasteiger partial charge in [-0.15, -0.1) is 11.8 Å². The van der Waals surface area contributed by atoms with Crippen LogP contribution in [0.1, 0.15) is 15.9 Å². The minimum Gasteiger partial charge on any atom is -0.289 e. The monoisotopic (exact) mass is 226 g/mol. The van der Waals surface area contributed by atoms with Crippen molar-refractivity contribution in [2.45, 2.75) is 4.90 Å². The number of ketones is 1. The Morgan fingerprint density at radius 3 is 2.31 bits per heavy atom. The van der Waals surface area contributed by atoms with Crippen LogP contribution in [-0.2, 0) is 0 Å². The van der Waals surface area contributed by atoms with Crippen molar-refractivity contribution in [2.24, 2.45) is 0 Å². The number of hydrogen-bond donors (Lipinski definition) is 0.